The predicted molar refractivity (Wildman–Crippen MR) is 71.4 cm³/mol. The molecule has 0 aliphatic carbocycles. The summed E-state index contributed by atoms with van der Waals surface area (Å²) in [6.45, 7) is 5.47. The molecule has 1 aliphatic rings. The van der Waals surface area contributed by atoms with Gasteiger partial charge in [-0.15, -0.1) is 0 Å². The Bertz CT molecular complexity index is 432. The summed E-state index contributed by atoms with van der Waals surface area (Å²) in [5, 5.41) is 2.90. The maximum Gasteiger partial charge on any atom is 0.224 e. The Morgan fingerprint density at radius 3 is 2.89 bits per heavy atom. The third kappa shape index (κ3) is 3.09. The largest absolute Gasteiger partial charge is 0.383 e. The summed E-state index contributed by atoms with van der Waals surface area (Å²) in [6.07, 6.45) is 0.511. The van der Waals surface area contributed by atoms with Crippen LogP contribution in [0.1, 0.15) is 24.5 Å². The quantitative estimate of drug-likeness (QED) is 0.866. The maximum atomic E-state index is 11.3. The number of hydrogen-bond acceptors (Lipinski definition) is 3. The van der Waals surface area contributed by atoms with Gasteiger partial charge >= 0.3 is 0 Å². The normalized spacial score (nSPS) is 14.6. The van der Waals surface area contributed by atoms with Gasteiger partial charge in [-0.1, -0.05) is 13.0 Å². The molecule has 1 aromatic rings. The molecule has 0 bridgehead atoms. The molecule has 0 atom stereocenters. The second-order valence-electron chi connectivity index (χ2n) is 4.59. The number of rotatable bonds is 5. The van der Waals surface area contributed by atoms with Gasteiger partial charge in [-0.25, -0.2) is 0 Å². The Balaban J connectivity index is 2.00. The number of benzene rings is 1. The van der Waals surface area contributed by atoms with Crippen molar-refractivity contribution >= 4 is 11.6 Å². The topological polar surface area (TPSA) is 41.6 Å². The molecule has 1 heterocycles. The van der Waals surface area contributed by atoms with Crippen molar-refractivity contribution in [3.05, 3.63) is 29.3 Å². The van der Waals surface area contributed by atoms with Gasteiger partial charge in [0.2, 0.25) is 5.91 Å². The fourth-order valence-corrected chi connectivity index (χ4v) is 2.17. The molecule has 1 amide bonds. The Kier molecular flexibility index (Phi) is 4.33. The van der Waals surface area contributed by atoms with Crippen molar-refractivity contribution < 1.29 is 9.53 Å². The predicted octanol–water partition coefficient (Wildman–Crippen LogP) is 2.00. The summed E-state index contributed by atoms with van der Waals surface area (Å²) in [5.74, 6) is 0.0594. The van der Waals surface area contributed by atoms with Gasteiger partial charge in [0.15, 0.2) is 0 Å². The summed E-state index contributed by atoms with van der Waals surface area (Å²) in [6, 6.07) is 6.16. The van der Waals surface area contributed by atoms with Gasteiger partial charge in [-0.3, -0.25) is 9.69 Å². The van der Waals surface area contributed by atoms with Gasteiger partial charge in [0.05, 0.1) is 6.61 Å². The van der Waals surface area contributed by atoms with E-state index in [9.17, 15) is 4.79 Å². The van der Waals surface area contributed by atoms with E-state index in [0.29, 0.717) is 6.42 Å². The van der Waals surface area contributed by atoms with Crippen molar-refractivity contribution in [2.45, 2.75) is 26.4 Å². The van der Waals surface area contributed by atoms with Crippen molar-refractivity contribution in [1.82, 2.24) is 4.90 Å². The second-order valence-corrected chi connectivity index (χ2v) is 4.59. The van der Waals surface area contributed by atoms with E-state index in [1.807, 2.05) is 13.0 Å². The van der Waals surface area contributed by atoms with E-state index >= 15 is 0 Å². The zero-order chi connectivity index (χ0) is 13.0. The van der Waals surface area contributed by atoms with Crippen LogP contribution in [0.5, 0.6) is 0 Å². The summed E-state index contributed by atoms with van der Waals surface area (Å²) in [7, 11) is 1.72. The van der Waals surface area contributed by atoms with E-state index < -0.39 is 0 Å². The number of methoxy groups -OCH3 is 1. The molecule has 0 unspecified atom stereocenters. The molecule has 4 heteroatoms. The highest BCUT2D eigenvalue weighted by Gasteiger charge is 2.18. The fraction of sp³-hybridized carbons (Fsp3) is 0.500. The number of anilines is 1. The molecule has 0 aromatic heterocycles. The Hall–Kier alpha value is -1.39. The van der Waals surface area contributed by atoms with Crippen molar-refractivity contribution in [2.75, 3.05) is 25.6 Å². The summed E-state index contributed by atoms with van der Waals surface area (Å²) in [5.41, 5.74) is 3.55. The first-order valence-corrected chi connectivity index (χ1v) is 6.36. The Morgan fingerprint density at radius 1 is 1.39 bits per heavy atom. The minimum Gasteiger partial charge on any atom is -0.383 e. The van der Waals surface area contributed by atoms with Crippen LogP contribution in [0.2, 0.25) is 0 Å². The third-order valence-corrected chi connectivity index (χ3v) is 3.21. The molecule has 4 nitrogen and oxygen atoms in total. The summed E-state index contributed by atoms with van der Waals surface area (Å²) >= 11 is 0. The number of nitrogens with one attached hydrogen (secondary N) is 1. The highest BCUT2D eigenvalue weighted by atomic mass is 16.5. The highest BCUT2D eigenvalue weighted by Crippen LogP contribution is 2.25. The van der Waals surface area contributed by atoms with Gasteiger partial charge < -0.3 is 10.1 Å². The van der Waals surface area contributed by atoms with Crippen LogP contribution >= 0.6 is 0 Å². The molecule has 98 valence electrons. The van der Waals surface area contributed by atoms with E-state index in [2.05, 4.69) is 22.3 Å². The van der Waals surface area contributed by atoms with Crippen LogP contribution < -0.4 is 5.32 Å². The van der Waals surface area contributed by atoms with Crippen LogP contribution in [0.3, 0.4) is 0 Å². The number of fused-ring (bicyclic) bond motifs is 1. The van der Waals surface area contributed by atoms with E-state index in [0.717, 1.165) is 31.9 Å². The van der Waals surface area contributed by atoms with Gasteiger partial charge in [0.1, 0.15) is 0 Å². The number of carbonyl (C=O) groups excluding carboxylic acids is 1. The molecular formula is C14H20N2O2. The van der Waals surface area contributed by atoms with Crippen LogP contribution in [0.25, 0.3) is 0 Å². The second kappa shape index (κ2) is 5.98. The summed E-state index contributed by atoms with van der Waals surface area (Å²) < 4.78 is 5.09. The number of amides is 1. The first-order chi connectivity index (χ1) is 8.72. The Morgan fingerprint density at radius 2 is 2.17 bits per heavy atom. The average molecular weight is 248 g/mol. The Labute approximate surface area is 108 Å². The van der Waals surface area contributed by atoms with E-state index in [1.165, 1.54) is 11.1 Å². The van der Waals surface area contributed by atoms with Crippen molar-refractivity contribution in [3.63, 3.8) is 0 Å². The molecule has 0 saturated heterocycles. The first-order valence-electron chi connectivity index (χ1n) is 6.36. The molecular weight excluding hydrogens is 228 g/mol. The van der Waals surface area contributed by atoms with Gasteiger partial charge in [0.25, 0.3) is 0 Å². The van der Waals surface area contributed by atoms with Crippen molar-refractivity contribution in [1.29, 1.82) is 0 Å². The molecule has 0 saturated carbocycles. The zero-order valence-corrected chi connectivity index (χ0v) is 11.0. The molecule has 1 aromatic carbocycles. The number of hydrogen-bond donors (Lipinski definition) is 1. The summed E-state index contributed by atoms with van der Waals surface area (Å²) in [4.78, 5) is 13.7. The van der Waals surface area contributed by atoms with E-state index in [4.69, 9.17) is 4.74 Å². The lowest BCUT2D eigenvalue weighted by Gasteiger charge is -2.13. The standard InChI is InChI=1S/C14H20N2O2/c1-3-14(17)15-13-5-4-11-9-16(6-7-18-2)10-12(11)8-13/h4-5,8H,3,6-7,9-10H2,1-2H3,(H,15,17). The monoisotopic (exact) mass is 248 g/mol. The smallest absolute Gasteiger partial charge is 0.224 e. The maximum absolute atomic E-state index is 11.3. The van der Waals surface area contributed by atoms with Crippen LogP contribution in [0, 0.1) is 0 Å². The van der Waals surface area contributed by atoms with Crippen LogP contribution in [0.15, 0.2) is 18.2 Å². The molecule has 2 rings (SSSR count). The lowest BCUT2D eigenvalue weighted by molar-refractivity contribution is -0.115. The van der Waals surface area contributed by atoms with Crippen LogP contribution in [-0.2, 0) is 22.6 Å². The average Bonchev–Trinajstić information content (AvgIpc) is 2.78. The number of carbonyl (C=O) groups is 1. The number of ether oxygens (including phenoxy) is 1. The van der Waals surface area contributed by atoms with E-state index in [-0.39, 0.29) is 5.91 Å². The minimum absolute atomic E-state index is 0.0594. The van der Waals surface area contributed by atoms with Crippen molar-refractivity contribution in [2.24, 2.45) is 0 Å². The third-order valence-electron chi connectivity index (χ3n) is 3.21. The van der Waals surface area contributed by atoms with Crippen molar-refractivity contribution in [3.8, 4) is 0 Å². The lowest BCUT2D eigenvalue weighted by atomic mass is 10.1. The van der Waals surface area contributed by atoms with Gasteiger partial charge in [-0.2, -0.15) is 0 Å². The van der Waals surface area contributed by atoms with Gasteiger partial charge in [-0.05, 0) is 23.3 Å². The highest BCUT2D eigenvalue weighted by molar-refractivity contribution is 5.90. The fourth-order valence-electron chi connectivity index (χ4n) is 2.17. The minimum atomic E-state index is 0.0594. The SMILES string of the molecule is CCC(=O)Nc1ccc2c(c1)CN(CCOC)C2. The van der Waals surface area contributed by atoms with Crippen LogP contribution in [-0.4, -0.2) is 31.1 Å². The van der Waals surface area contributed by atoms with Crippen LogP contribution in [0.4, 0.5) is 5.69 Å². The number of nitrogens with zero attached hydrogens (tertiary/aromatic N) is 1. The van der Waals surface area contributed by atoms with E-state index in [1.54, 1.807) is 7.11 Å². The molecule has 1 aliphatic heterocycles. The lowest BCUT2D eigenvalue weighted by Crippen LogP contribution is -2.21. The molecule has 1 N–H and O–H groups in total. The molecule has 0 radical (unpaired) electrons. The molecule has 0 fully saturated rings. The molecule has 0 spiro atoms. The first kappa shape index (κ1) is 13.1. The molecule has 18 heavy (non-hydrogen) atoms. The zero-order valence-electron chi connectivity index (χ0n) is 11.0. The van der Waals surface area contributed by atoms with Gasteiger partial charge in [0, 0.05) is 38.9 Å².